The van der Waals surface area contributed by atoms with Crippen LogP contribution in [0.1, 0.15) is 15.9 Å². The van der Waals surface area contributed by atoms with Crippen molar-refractivity contribution in [3.8, 4) is 5.75 Å². The van der Waals surface area contributed by atoms with Crippen molar-refractivity contribution in [2.75, 3.05) is 5.88 Å². The molecule has 1 rings (SSSR count). The first-order chi connectivity index (χ1) is 7.27. The van der Waals surface area contributed by atoms with Gasteiger partial charge >= 0.3 is 6.18 Å². The molecule has 1 aromatic rings. The Morgan fingerprint density at radius 2 is 1.94 bits per heavy atom. The molecule has 0 amide bonds. The highest BCUT2D eigenvalue weighted by atomic mass is 35.5. The van der Waals surface area contributed by atoms with E-state index < -0.39 is 34.2 Å². The Hall–Kier alpha value is -0.940. The number of carbonyl (C=O) groups excluding carboxylic acids is 1. The van der Waals surface area contributed by atoms with Crippen molar-refractivity contribution in [2.45, 2.75) is 6.18 Å². The van der Waals surface area contributed by atoms with Crippen LogP contribution in [-0.2, 0) is 6.18 Å². The lowest BCUT2D eigenvalue weighted by Crippen LogP contribution is -2.09. The normalized spacial score (nSPS) is 11.6. The molecule has 0 fully saturated rings. The van der Waals surface area contributed by atoms with Crippen LogP contribution >= 0.6 is 23.2 Å². The van der Waals surface area contributed by atoms with E-state index in [-0.39, 0.29) is 5.56 Å². The first-order valence-electron chi connectivity index (χ1n) is 3.96. The van der Waals surface area contributed by atoms with Crippen LogP contribution in [0.15, 0.2) is 12.1 Å². The number of benzene rings is 1. The van der Waals surface area contributed by atoms with E-state index in [0.29, 0.717) is 6.07 Å². The summed E-state index contributed by atoms with van der Waals surface area (Å²) in [5.74, 6) is -2.26. The number of carbonyl (C=O) groups is 1. The number of phenols is 1. The van der Waals surface area contributed by atoms with Gasteiger partial charge in [-0.2, -0.15) is 13.2 Å². The fourth-order valence-corrected chi connectivity index (χ4v) is 1.43. The number of halogens is 5. The molecule has 0 aromatic heterocycles. The molecule has 0 aliphatic heterocycles. The fraction of sp³-hybridized carbons (Fsp3) is 0.222. The van der Waals surface area contributed by atoms with Gasteiger partial charge in [0.2, 0.25) is 0 Å². The van der Waals surface area contributed by atoms with E-state index in [1.54, 1.807) is 0 Å². The van der Waals surface area contributed by atoms with Gasteiger partial charge in [-0.15, -0.1) is 11.6 Å². The SMILES string of the molecule is O=C(CCl)c1cc(Cl)c(O)c(C(F)(F)F)c1. The number of hydrogen-bond acceptors (Lipinski definition) is 2. The van der Waals surface area contributed by atoms with Crippen LogP contribution in [0.4, 0.5) is 13.2 Å². The van der Waals surface area contributed by atoms with E-state index in [1.807, 2.05) is 0 Å². The van der Waals surface area contributed by atoms with Gasteiger partial charge in [-0.25, -0.2) is 0 Å². The average Bonchev–Trinajstić information content (AvgIpc) is 2.18. The molecular formula is C9H5Cl2F3O2. The number of phenolic OH excluding ortho intramolecular Hbond substituents is 1. The molecule has 0 unspecified atom stereocenters. The third kappa shape index (κ3) is 2.59. The minimum atomic E-state index is -4.78. The number of hydrogen-bond donors (Lipinski definition) is 1. The second-order valence-corrected chi connectivity index (χ2v) is 3.58. The largest absolute Gasteiger partial charge is 0.506 e. The molecule has 1 aromatic carbocycles. The number of ketones is 1. The monoisotopic (exact) mass is 272 g/mol. The Morgan fingerprint density at radius 1 is 1.38 bits per heavy atom. The predicted molar refractivity (Wildman–Crippen MR) is 53.2 cm³/mol. The lowest BCUT2D eigenvalue weighted by atomic mass is 10.1. The maximum Gasteiger partial charge on any atom is 0.420 e. The molecular weight excluding hydrogens is 268 g/mol. The van der Waals surface area contributed by atoms with E-state index >= 15 is 0 Å². The molecule has 0 heterocycles. The Kier molecular flexibility index (Phi) is 3.70. The van der Waals surface area contributed by atoms with Crippen molar-refractivity contribution in [2.24, 2.45) is 0 Å². The van der Waals surface area contributed by atoms with Crippen molar-refractivity contribution in [1.29, 1.82) is 0 Å². The quantitative estimate of drug-likeness (QED) is 0.661. The van der Waals surface area contributed by atoms with Crippen molar-refractivity contribution in [3.05, 3.63) is 28.3 Å². The highest BCUT2D eigenvalue weighted by Crippen LogP contribution is 2.40. The fourth-order valence-electron chi connectivity index (χ4n) is 1.05. The summed E-state index contributed by atoms with van der Waals surface area (Å²) in [6, 6.07) is 1.46. The predicted octanol–water partition coefficient (Wildman–Crippen LogP) is 3.49. The first-order valence-corrected chi connectivity index (χ1v) is 4.87. The van der Waals surface area contributed by atoms with Gasteiger partial charge < -0.3 is 5.11 Å². The molecule has 0 spiro atoms. The Bertz CT molecular complexity index is 429. The summed E-state index contributed by atoms with van der Waals surface area (Å²) in [5.41, 5.74) is -1.64. The van der Waals surface area contributed by atoms with Crippen LogP contribution in [0.2, 0.25) is 5.02 Å². The summed E-state index contributed by atoms with van der Waals surface area (Å²) in [5, 5.41) is 8.58. The maximum atomic E-state index is 12.4. The molecule has 2 nitrogen and oxygen atoms in total. The van der Waals surface area contributed by atoms with Crippen LogP contribution in [0.25, 0.3) is 0 Å². The van der Waals surface area contributed by atoms with Crippen LogP contribution in [-0.4, -0.2) is 16.8 Å². The average molecular weight is 273 g/mol. The van der Waals surface area contributed by atoms with Gasteiger partial charge in [0.15, 0.2) is 5.78 Å². The van der Waals surface area contributed by atoms with Gasteiger partial charge in [0.25, 0.3) is 0 Å². The van der Waals surface area contributed by atoms with Gasteiger partial charge in [0.05, 0.1) is 16.5 Å². The molecule has 0 bridgehead atoms. The number of alkyl halides is 4. The van der Waals surface area contributed by atoms with E-state index in [2.05, 4.69) is 0 Å². The second kappa shape index (κ2) is 4.51. The van der Waals surface area contributed by atoms with E-state index in [9.17, 15) is 18.0 Å². The zero-order valence-corrected chi connectivity index (χ0v) is 9.12. The molecule has 88 valence electrons. The van der Waals surface area contributed by atoms with Crippen molar-refractivity contribution >= 4 is 29.0 Å². The summed E-state index contributed by atoms with van der Waals surface area (Å²) < 4.78 is 37.2. The van der Waals surface area contributed by atoms with E-state index in [0.717, 1.165) is 6.07 Å². The smallest absolute Gasteiger partial charge is 0.420 e. The molecule has 0 radical (unpaired) electrons. The summed E-state index contributed by atoms with van der Waals surface area (Å²) in [4.78, 5) is 11.1. The van der Waals surface area contributed by atoms with Crippen LogP contribution < -0.4 is 0 Å². The lowest BCUT2D eigenvalue weighted by Gasteiger charge is -2.11. The molecule has 0 atom stereocenters. The minimum absolute atomic E-state index is 0.287. The van der Waals surface area contributed by atoms with Crippen LogP contribution in [0.5, 0.6) is 5.75 Å². The van der Waals surface area contributed by atoms with E-state index in [1.165, 1.54) is 0 Å². The molecule has 0 aliphatic carbocycles. The first kappa shape index (κ1) is 13.1. The summed E-state index contributed by atoms with van der Waals surface area (Å²) >= 11 is 10.6. The third-order valence-corrected chi connectivity index (χ3v) is 2.34. The van der Waals surface area contributed by atoms with Gasteiger partial charge in [-0.3, -0.25) is 4.79 Å². The van der Waals surface area contributed by atoms with Crippen LogP contribution in [0, 0.1) is 0 Å². The summed E-state index contributed by atoms with van der Waals surface area (Å²) in [7, 11) is 0. The number of rotatable bonds is 2. The topological polar surface area (TPSA) is 37.3 Å². The standard InChI is InChI=1S/C9H5Cl2F3O2/c10-3-7(15)4-1-5(9(12,13)14)8(16)6(11)2-4/h1-2,16H,3H2. The lowest BCUT2D eigenvalue weighted by molar-refractivity contribution is -0.138. The third-order valence-electron chi connectivity index (χ3n) is 1.81. The molecule has 7 heteroatoms. The van der Waals surface area contributed by atoms with Gasteiger partial charge in [0, 0.05) is 5.56 Å². The van der Waals surface area contributed by atoms with Gasteiger partial charge in [-0.1, -0.05) is 11.6 Å². The molecule has 16 heavy (non-hydrogen) atoms. The zero-order valence-electron chi connectivity index (χ0n) is 7.61. The van der Waals surface area contributed by atoms with Crippen molar-refractivity contribution < 1.29 is 23.1 Å². The van der Waals surface area contributed by atoms with E-state index in [4.69, 9.17) is 28.3 Å². The Balaban J connectivity index is 3.39. The highest BCUT2D eigenvalue weighted by Gasteiger charge is 2.35. The molecule has 0 aliphatic rings. The minimum Gasteiger partial charge on any atom is -0.506 e. The Morgan fingerprint density at radius 3 is 2.38 bits per heavy atom. The molecule has 0 saturated carbocycles. The zero-order chi connectivity index (χ0) is 12.5. The Labute approximate surface area is 98.6 Å². The maximum absolute atomic E-state index is 12.4. The summed E-state index contributed by atoms with van der Waals surface area (Å²) in [6.45, 7) is 0. The van der Waals surface area contributed by atoms with Crippen molar-refractivity contribution in [3.63, 3.8) is 0 Å². The van der Waals surface area contributed by atoms with Gasteiger partial charge in [-0.05, 0) is 12.1 Å². The summed E-state index contributed by atoms with van der Waals surface area (Å²) in [6.07, 6.45) is -4.78. The van der Waals surface area contributed by atoms with Crippen molar-refractivity contribution in [1.82, 2.24) is 0 Å². The molecule has 1 N–H and O–H groups in total. The highest BCUT2D eigenvalue weighted by molar-refractivity contribution is 6.33. The molecule has 0 saturated heterocycles. The number of Topliss-reactive ketones (excluding diaryl/α,β-unsaturated/α-hetero) is 1. The van der Waals surface area contributed by atoms with Gasteiger partial charge in [0.1, 0.15) is 5.75 Å². The van der Waals surface area contributed by atoms with Crippen LogP contribution in [0.3, 0.4) is 0 Å². The number of aromatic hydroxyl groups is 1. The second-order valence-electron chi connectivity index (χ2n) is 2.91.